The third-order valence-corrected chi connectivity index (χ3v) is 11.7. The summed E-state index contributed by atoms with van der Waals surface area (Å²) in [4.78, 5) is 45.3. The SMILES string of the molecule is CCCCOc1cc([C@@H]2CCCN2Cc2ccccc2)c(OC)c2c1C(O)=C1C(=O)[C@]3(O)C(=O)c4c(OCCCC)noc4[C@@H](NC(=O)OC(C)(C)C)[C@@H]3C[C@@H]1C2. The van der Waals surface area contributed by atoms with Gasteiger partial charge in [0, 0.05) is 35.2 Å². The molecule has 5 atom stereocenters. The maximum absolute atomic E-state index is 14.9. The third-order valence-electron chi connectivity index (χ3n) is 11.7. The normalized spacial score (nSPS) is 24.3. The van der Waals surface area contributed by atoms with Crippen molar-refractivity contribution in [3.8, 4) is 17.4 Å². The molecule has 1 aromatic heterocycles. The van der Waals surface area contributed by atoms with E-state index < -0.39 is 46.7 Å². The summed E-state index contributed by atoms with van der Waals surface area (Å²) in [5.74, 6) is -3.34. The Kier molecular flexibility index (Phi) is 11.4. The van der Waals surface area contributed by atoms with Crippen molar-refractivity contribution < 1.29 is 48.1 Å². The van der Waals surface area contributed by atoms with Crippen LogP contribution in [-0.2, 0) is 22.5 Å². The Balaban J connectivity index is 1.34. The van der Waals surface area contributed by atoms with Crippen LogP contribution < -0.4 is 19.5 Å². The largest absolute Gasteiger partial charge is 0.507 e. The van der Waals surface area contributed by atoms with Crippen LogP contribution in [0.4, 0.5) is 4.79 Å². The molecular weight excluding hydrogens is 730 g/mol. The summed E-state index contributed by atoms with van der Waals surface area (Å²) < 4.78 is 29.8. The van der Waals surface area contributed by atoms with Crippen molar-refractivity contribution >= 4 is 23.4 Å². The molecule has 2 aromatic carbocycles. The van der Waals surface area contributed by atoms with Gasteiger partial charge in [0.25, 0.3) is 5.88 Å². The number of unbranched alkanes of at least 4 members (excludes halogenated alkanes) is 2. The molecular formula is C44H55N3O10. The predicted octanol–water partition coefficient (Wildman–Crippen LogP) is 7.60. The number of methoxy groups -OCH3 is 1. The van der Waals surface area contributed by atoms with Crippen LogP contribution in [0, 0.1) is 11.8 Å². The fourth-order valence-corrected chi connectivity index (χ4v) is 9.05. The molecule has 3 N–H and O–H groups in total. The number of alkyl carbamates (subject to hydrolysis) is 1. The quantitative estimate of drug-likeness (QED) is 0.115. The number of rotatable bonds is 13. The van der Waals surface area contributed by atoms with Gasteiger partial charge in [-0.2, -0.15) is 0 Å². The number of hydrogen-bond donors (Lipinski definition) is 3. The number of amides is 1. The first-order chi connectivity index (χ1) is 27.3. The van der Waals surface area contributed by atoms with E-state index in [1.807, 2.05) is 31.2 Å². The lowest BCUT2D eigenvalue weighted by molar-refractivity contribution is -0.140. The molecule has 3 aromatic rings. The number of aliphatic hydroxyl groups is 2. The molecule has 2 fully saturated rings. The number of carbonyl (C=O) groups excluding carboxylic acids is 3. The van der Waals surface area contributed by atoms with Gasteiger partial charge in [0.1, 0.15) is 34.5 Å². The number of Topliss-reactive ketones (excluding diaryl/α,β-unsaturated/α-hetero) is 2. The van der Waals surface area contributed by atoms with Crippen molar-refractivity contribution in [1.29, 1.82) is 0 Å². The van der Waals surface area contributed by atoms with E-state index in [0.717, 1.165) is 50.8 Å². The van der Waals surface area contributed by atoms with Crippen LogP contribution in [0.25, 0.3) is 5.76 Å². The molecule has 0 radical (unpaired) electrons. The lowest BCUT2D eigenvalue weighted by Gasteiger charge is -2.48. The number of carbonyl (C=O) groups is 3. The zero-order chi connectivity index (χ0) is 40.6. The standard InChI is InChI=1S/C44H55N3O10/c1-7-9-19-54-31-23-27(30-17-14-18-47(30)24-25-15-12-11-13-16-25)37(53-6)28-21-26-22-29-35(45-42(51)56-43(3,4)5)38-34(41(46-57-38)55-20-10-8-2)40(50)44(29,52)39(49)32(26)36(48)33(28)31/h11-13,15-16,23,26,29-30,35,48,52H,7-10,14,17-22,24H2,1-6H3,(H,45,51)/t26-,29-,30-,35-,44-/m0/s1. The van der Waals surface area contributed by atoms with E-state index in [2.05, 4.69) is 34.4 Å². The Labute approximate surface area is 333 Å². The van der Waals surface area contributed by atoms with Crippen LogP contribution in [-0.4, -0.2) is 76.0 Å². The molecule has 13 heteroatoms. The highest BCUT2D eigenvalue weighted by atomic mass is 16.6. The molecule has 0 bridgehead atoms. The summed E-state index contributed by atoms with van der Waals surface area (Å²) in [5.41, 5.74) is -0.725. The first-order valence-corrected chi connectivity index (χ1v) is 20.3. The molecule has 2 heterocycles. The number of nitrogens with one attached hydrogen (secondary N) is 1. The first-order valence-electron chi connectivity index (χ1n) is 20.3. The number of aromatic nitrogens is 1. The molecule has 3 aliphatic carbocycles. The van der Waals surface area contributed by atoms with Crippen LogP contribution in [0.1, 0.15) is 130 Å². The molecule has 0 unspecified atom stereocenters. The van der Waals surface area contributed by atoms with E-state index in [1.165, 1.54) is 5.56 Å². The summed E-state index contributed by atoms with van der Waals surface area (Å²) in [7, 11) is 1.61. The third kappa shape index (κ3) is 7.40. The van der Waals surface area contributed by atoms with Gasteiger partial charge in [-0.05, 0) is 88.5 Å². The number of hydrogen-bond acceptors (Lipinski definition) is 12. The van der Waals surface area contributed by atoms with Gasteiger partial charge in [0.05, 0.1) is 25.9 Å². The highest BCUT2D eigenvalue weighted by Gasteiger charge is 2.65. The second-order valence-electron chi connectivity index (χ2n) is 16.6. The molecule has 7 rings (SSSR count). The van der Waals surface area contributed by atoms with Gasteiger partial charge < -0.3 is 39.0 Å². The number of nitrogens with zero attached hydrogens (tertiary/aromatic N) is 2. The zero-order valence-corrected chi connectivity index (χ0v) is 33.8. The minimum absolute atomic E-state index is 0.00145. The van der Waals surface area contributed by atoms with Gasteiger partial charge in [0.2, 0.25) is 11.6 Å². The Morgan fingerprint density at radius 1 is 1.05 bits per heavy atom. The van der Waals surface area contributed by atoms with E-state index in [1.54, 1.807) is 27.9 Å². The molecule has 1 aliphatic heterocycles. The Hall–Kier alpha value is -4.88. The van der Waals surface area contributed by atoms with Gasteiger partial charge in [-0.3, -0.25) is 14.5 Å². The number of benzene rings is 2. The van der Waals surface area contributed by atoms with Gasteiger partial charge in [-0.1, -0.05) is 57.0 Å². The topological polar surface area (TPSA) is 170 Å². The van der Waals surface area contributed by atoms with Gasteiger partial charge in [0.15, 0.2) is 11.4 Å². The molecule has 57 heavy (non-hydrogen) atoms. The highest BCUT2D eigenvalue weighted by molar-refractivity contribution is 6.26. The lowest BCUT2D eigenvalue weighted by Crippen LogP contribution is -2.63. The van der Waals surface area contributed by atoms with Crippen LogP contribution in [0.3, 0.4) is 0 Å². The highest BCUT2D eigenvalue weighted by Crippen LogP contribution is 2.57. The summed E-state index contributed by atoms with van der Waals surface area (Å²) in [6, 6.07) is 11.0. The van der Waals surface area contributed by atoms with Crippen LogP contribution in [0.5, 0.6) is 17.4 Å². The van der Waals surface area contributed by atoms with Crippen molar-refractivity contribution in [2.24, 2.45) is 11.8 Å². The fourth-order valence-electron chi connectivity index (χ4n) is 9.05. The maximum atomic E-state index is 14.9. The summed E-state index contributed by atoms with van der Waals surface area (Å²) in [5, 5.41) is 31.7. The molecule has 4 aliphatic rings. The monoisotopic (exact) mass is 785 g/mol. The average Bonchev–Trinajstić information content (AvgIpc) is 3.81. The second kappa shape index (κ2) is 16.2. The summed E-state index contributed by atoms with van der Waals surface area (Å²) in [6.45, 7) is 11.4. The predicted molar refractivity (Wildman–Crippen MR) is 210 cm³/mol. The summed E-state index contributed by atoms with van der Waals surface area (Å²) >= 11 is 0. The van der Waals surface area contributed by atoms with Crippen LogP contribution in [0.15, 0.2) is 46.5 Å². The lowest BCUT2D eigenvalue weighted by atomic mass is 9.57. The van der Waals surface area contributed by atoms with Crippen molar-refractivity contribution in [1.82, 2.24) is 15.4 Å². The van der Waals surface area contributed by atoms with Crippen molar-refractivity contribution in [2.45, 2.75) is 116 Å². The smallest absolute Gasteiger partial charge is 0.408 e. The minimum Gasteiger partial charge on any atom is -0.507 e. The van der Waals surface area contributed by atoms with Crippen LogP contribution in [0.2, 0.25) is 0 Å². The molecule has 13 nitrogen and oxygen atoms in total. The van der Waals surface area contributed by atoms with E-state index in [0.29, 0.717) is 35.7 Å². The molecule has 1 amide bonds. The maximum Gasteiger partial charge on any atom is 0.408 e. The number of ether oxygens (including phenoxy) is 4. The summed E-state index contributed by atoms with van der Waals surface area (Å²) in [6.07, 6.45) is 4.42. The number of ketones is 2. The minimum atomic E-state index is -2.70. The molecule has 1 saturated heterocycles. The first kappa shape index (κ1) is 40.3. The van der Waals surface area contributed by atoms with Crippen molar-refractivity contribution in [3.05, 3.63) is 75.5 Å². The number of aliphatic hydroxyl groups excluding tert-OH is 1. The van der Waals surface area contributed by atoms with Crippen molar-refractivity contribution in [3.63, 3.8) is 0 Å². The molecule has 0 spiro atoms. The van der Waals surface area contributed by atoms with E-state index in [-0.39, 0.29) is 54.0 Å². The van der Waals surface area contributed by atoms with Gasteiger partial charge in [-0.15, -0.1) is 0 Å². The van der Waals surface area contributed by atoms with Crippen molar-refractivity contribution in [2.75, 3.05) is 26.9 Å². The molecule has 306 valence electrons. The van der Waals surface area contributed by atoms with E-state index in [4.69, 9.17) is 23.5 Å². The van der Waals surface area contributed by atoms with Gasteiger partial charge in [-0.25, -0.2) is 4.79 Å². The fraction of sp³-hybridized carbons (Fsp3) is 0.545. The Morgan fingerprint density at radius 2 is 1.77 bits per heavy atom. The number of likely N-dealkylation sites (tertiary alicyclic amines) is 1. The Bertz CT molecular complexity index is 2030. The number of fused-ring (bicyclic) bond motifs is 4. The van der Waals surface area contributed by atoms with Crippen LogP contribution >= 0.6 is 0 Å². The Morgan fingerprint density at radius 3 is 2.46 bits per heavy atom. The van der Waals surface area contributed by atoms with E-state index in [9.17, 15) is 24.6 Å². The molecule has 1 saturated carbocycles. The zero-order valence-electron chi connectivity index (χ0n) is 33.8. The average molecular weight is 786 g/mol. The van der Waals surface area contributed by atoms with E-state index >= 15 is 0 Å². The van der Waals surface area contributed by atoms with Gasteiger partial charge >= 0.3 is 6.09 Å². The second-order valence-corrected chi connectivity index (χ2v) is 16.6.